The molecule has 1 aliphatic rings. The minimum atomic E-state index is -0.555. The van der Waals surface area contributed by atoms with Crippen molar-refractivity contribution in [3.63, 3.8) is 0 Å². The Labute approximate surface area is 157 Å². The summed E-state index contributed by atoms with van der Waals surface area (Å²) in [4.78, 5) is 13.1. The molecule has 144 valence electrons. The molecule has 0 saturated heterocycles. The van der Waals surface area contributed by atoms with Crippen LogP contribution in [0.1, 0.15) is 21.5 Å². The first-order valence-electron chi connectivity index (χ1n) is 8.43. The molecule has 0 radical (unpaired) electrons. The third kappa shape index (κ3) is 3.09. The average Bonchev–Trinajstić information content (AvgIpc) is 2.67. The number of ketones is 1. The molecule has 0 aliphatic carbocycles. The summed E-state index contributed by atoms with van der Waals surface area (Å²) in [5, 5.41) is 20.7. The lowest BCUT2D eigenvalue weighted by molar-refractivity contribution is 0.0819. The zero-order valence-corrected chi connectivity index (χ0v) is 15.7. The minimum Gasteiger partial charge on any atom is -0.508 e. The quantitative estimate of drug-likeness (QED) is 0.831. The van der Waals surface area contributed by atoms with E-state index in [1.54, 1.807) is 19.1 Å². The Morgan fingerprint density at radius 2 is 1.81 bits per heavy atom. The van der Waals surface area contributed by atoms with Gasteiger partial charge in [-0.25, -0.2) is 0 Å². The summed E-state index contributed by atoms with van der Waals surface area (Å²) in [6, 6.07) is 4.91. The SMILES string of the molecule is COc1ccc(CC2COc3c(OC)c(OC)c(C)c(O)c3C2=O)c(O)c1. The van der Waals surface area contributed by atoms with Crippen molar-refractivity contribution in [2.75, 3.05) is 27.9 Å². The number of aromatic hydroxyl groups is 2. The zero-order valence-electron chi connectivity index (χ0n) is 15.7. The molecule has 0 bridgehead atoms. The summed E-state index contributed by atoms with van der Waals surface area (Å²) in [6.07, 6.45) is 0.265. The van der Waals surface area contributed by atoms with Crippen molar-refractivity contribution in [3.8, 4) is 34.5 Å². The van der Waals surface area contributed by atoms with Crippen molar-refractivity contribution in [2.45, 2.75) is 13.3 Å². The van der Waals surface area contributed by atoms with E-state index in [1.165, 1.54) is 27.4 Å². The molecule has 1 aliphatic heterocycles. The van der Waals surface area contributed by atoms with Crippen LogP contribution in [0.5, 0.6) is 34.5 Å². The van der Waals surface area contributed by atoms with E-state index < -0.39 is 5.92 Å². The molecule has 2 aromatic rings. The second kappa shape index (κ2) is 7.26. The van der Waals surface area contributed by atoms with Gasteiger partial charge in [-0.15, -0.1) is 0 Å². The van der Waals surface area contributed by atoms with Crippen molar-refractivity contribution in [3.05, 3.63) is 34.9 Å². The van der Waals surface area contributed by atoms with Crippen molar-refractivity contribution < 1.29 is 34.0 Å². The van der Waals surface area contributed by atoms with Crippen LogP contribution in [0.2, 0.25) is 0 Å². The summed E-state index contributed by atoms with van der Waals surface area (Å²) < 4.78 is 21.5. The second-order valence-electron chi connectivity index (χ2n) is 6.32. The van der Waals surface area contributed by atoms with Crippen LogP contribution in [0.3, 0.4) is 0 Å². The predicted molar refractivity (Wildman–Crippen MR) is 97.6 cm³/mol. The number of carbonyl (C=O) groups is 1. The number of hydrogen-bond acceptors (Lipinski definition) is 7. The smallest absolute Gasteiger partial charge is 0.204 e. The molecule has 0 spiro atoms. The number of rotatable bonds is 5. The van der Waals surface area contributed by atoms with Crippen LogP contribution in [0, 0.1) is 12.8 Å². The van der Waals surface area contributed by atoms with Crippen LogP contribution in [0.25, 0.3) is 0 Å². The van der Waals surface area contributed by atoms with Gasteiger partial charge in [0.2, 0.25) is 5.75 Å². The summed E-state index contributed by atoms with van der Waals surface area (Å²) >= 11 is 0. The number of carbonyl (C=O) groups excluding carboxylic acids is 1. The number of ether oxygens (including phenoxy) is 4. The van der Waals surface area contributed by atoms with E-state index in [1.807, 2.05) is 0 Å². The molecule has 7 heteroatoms. The number of phenols is 2. The standard InChI is InChI=1S/C20H22O7/c1-10-16(22)15-17(23)12(7-11-5-6-13(24-2)8-14(11)21)9-27-19(15)20(26-4)18(10)25-3/h5-6,8,12,21-22H,7,9H2,1-4H3. The normalized spacial score (nSPS) is 15.7. The molecular formula is C20H22O7. The predicted octanol–water partition coefficient (Wildman–Crippen LogP) is 2.87. The lowest BCUT2D eigenvalue weighted by Crippen LogP contribution is -2.30. The van der Waals surface area contributed by atoms with Crippen LogP contribution in [0.15, 0.2) is 18.2 Å². The van der Waals surface area contributed by atoms with E-state index in [0.717, 1.165) is 0 Å². The van der Waals surface area contributed by atoms with E-state index >= 15 is 0 Å². The number of hydrogen-bond donors (Lipinski definition) is 2. The van der Waals surface area contributed by atoms with Gasteiger partial charge in [0.15, 0.2) is 17.3 Å². The Kier molecular flexibility index (Phi) is 5.03. The third-order valence-corrected chi connectivity index (χ3v) is 4.79. The molecule has 3 rings (SSSR count). The van der Waals surface area contributed by atoms with E-state index in [0.29, 0.717) is 22.6 Å². The summed E-state index contributed by atoms with van der Waals surface area (Å²) in [7, 11) is 4.41. The first-order chi connectivity index (χ1) is 12.9. The van der Waals surface area contributed by atoms with Crippen LogP contribution >= 0.6 is 0 Å². The molecule has 0 fully saturated rings. The Bertz CT molecular complexity index is 889. The van der Waals surface area contributed by atoms with Gasteiger partial charge in [-0.3, -0.25) is 4.79 Å². The molecule has 2 aromatic carbocycles. The Morgan fingerprint density at radius 1 is 1.11 bits per heavy atom. The van der Waals surface area contributed by atoms with E-state index in [9.17, 15) is 15.0 Å². The number of methoxy groups -OCH3 is 3. The Hall–Kier alpha value is -3.09. The Morgan fingerprint density at radius 3 is 2.41 bits per heavy atom. The van der Waals surface area contributed by atoms with Crippen LogP contribution < -0.4 is 18.9 Å². The monoisotopic (exact) mass is 374 g/mol. The van der Waals surface area contributed by atoms with Crippen molar-refractivity contribution in [1.29, 1.82) is 0 Å². The number of fused-ring (bicyclic) bond motifs is 1. The van der Waals surface area contributed by atoms with Crippen LogP contribution in [-0.4, -0.2) is 43.9 Å². The largest absolute Gasteiger partial charge is 0.508 e. The van der Waals surface area contributed by atoms with E-state index in [2.05, 4.69) is 0 Å². The molecule has 0 amide bonds. The minimum absolute atomic E-state index is 0.0423. The van der Waals surface area contributed by atoms with Gasteiger partial charge in [0.05, 0.1) is 33.9 Å². The van der Waals surface area contributed by atoms with Gasteiger partial charge >= 0.3 is 0 Å². The van der Waals surface area contributed by atoms with E-state index in [-0.39, 0.29) is 47.4 Å². The summed E-state index contributed by atoms with van der Waals surface area (Å²) in [6.45, 7) is 1.74. The molecule has 1 unspecified atom stereocenters. The lowest BCUT2D eigenvalue weighted by Gasteiger charge is -2.28. The molecule has 0 saturated carbocycles. The molecular weight excluding hydrogens is 352 g/mol. The lowest BCUT2D eigenvalue weighted by atomic mass is 9.87. The highest BCUT2D eigenvalue weighted by molar-refractivity contribution is 6.05. The topological polar surface area (TPSA) is 94.5 Å². The zero-order chi connectivity index (χ0) is 19.7. The fourth-order valence-corrected chi connectivity index (χ4v) is 3.31. The fraction of sp³-hybridized carbons (Fsp3) is 0.350. The van der Waals surface area contributed by atoms with Gasteiger partial charge in [-0.05, 0) is 25.0 Å². The maximum absolute atomic E-state index is 13.1. The van der Waals surface area contributed by atoms with Crippen molar-refractivity contribution in [1.82, 2.24) is 0 Å². The first kappa shape index (κ1) is 18.7. The maximum Gasteiger partial charge on any atom is 0.204 e. The number of benzene rings is 2. The van der Waals surface area contributed by atoms with Crippen LogP contribution in [0.4, 0.5) is 0 Å². The second-order valence-corrected chi connectivity index (χ2v) is 6.32. The van der Waals surface area contributed by atoms with E-state index in [4.69, 9.17) is 18.9 Å². The molecule has 1 heterocycles. The number of phenolic OH excluding ortho intramolecular Hbond substituents is 2. The molecule has 1 atom stereocenters. The van der Waals surface area contributed by atoms with Gasteiger partial charge in [-0.1, -0.05) is 6.07 Å². The van der Waals surface area contributed by atoms with Crippen molar-refractivity contribution >= 4 is 5.78 Å². The Balaban J connectivity index is 1.98. The van der Waals surface area contributed by atoms with Gasteiger partial charge in [0, 0.05) is 11.6 Å². The summed E-state index contributed by atoms with van der Waals surface area (Å²) in [5.41, 5.74) is 1.07. The summed E-state index contributed by atoms with van der Waals surface area (Å²) in [5.74, 6) is 0.343. The number of Topliss-reactive ketones (excluding diaryl/α,β-unsaturated/α-hetero) is 1. The van der Waals surface area contributed by atoms with Crippen LogP contribution in [-0.2, 0) is 6.42 Å². The molecule has 2 N–H and O–H groups in total. The van der Waals surface area contributed by atoms with Gasteiger partial charge < -0.3 is 29.2 Å². The van der Waals surface area contributed by atoms with Gasteiger partial charge in [-0.2, -0.15) is 0 Å². The molecule has 27 heavy (non-hydrogen) atoms. The highest BCUT2D eigenvalue weighted by Crippen LogP contribution is 2.50. The molecule has 0 aromatic heterocycles. The molecule has 7 nitrogen and oxygen atoms in total. The van der Waals surface area contributed by atoms with Gasteiger partial charge in [0.25, 0.3) is 0 Å². The highest BCUT2D eigenvalue weighted by atomic mass is 16.5. The van der Waals surface area contributed by atoms with Gasteiger partial charge in [0.1, 0.15) is 22.8 Å². The fourth-order valence-electron chi connectivity index (χ4n) is 3.31. The maximum atomic E-state index is 13.1. The first-order valence-corrected chi connectivity index (χ1v) is 8.43. The average molecular weight is 374 g/mol. The third-order valence-electron chi connectivity index (χ3n) is 4.79. The highest BCUT2D eigenvalue weighted by Gasteiger charge is 2.37. The van der Waals surface area contributed by atoms with Crippen molar-refractivity contribution in [2.24, 2.45) is 5.92 Å².